The molecule has 1 aliphatic rings. The largest absolute Gasteiger partial charge is 0.313 e. The van der Waals surface area contributed by atoms with E-state index in [2.05, 4.69) is 31.9 Å². The third kappa shape index (κ3) is 2.14. The Morgan fingerprint density at radius 1 is 1.57 bits per heavy atom. The van der Waals surface area contributed by atoms with E-state index in [1.54, 1.807) is 13.8 Å². The van der Waals surface area contributed by atoms with Crippen molar-refractivity contribution in [3.63, 3.8) is 0 Å². The summed E-state index contributed by atoms with van der Waals surface area (Å²) < 4.78 is 25.8. The van der Waals surface area contributed by atoms with Crippen LogP contribution < -0.4 is 0 Å². The van der Waals surface area contributed by atoms with Gasteiger partial charge in [0.15, 0.2) is 0 Å². The summed E-state index contributed by atoms with van der Waals surface area (Å²) in [6, 6.07) is 0. The van der Waals surface area contributed by atoms with Gasteiger partial charge in [-0.3, -0.25) is 4.79 Å². The van der Waals surface area contributed by atoms with Crippen LogP contribution in [0.2, 0.25) is 0 Å². The number of carbonyl (C=O) groups is 1. The van der Waals surface area contributed by atoms with Gasteiger partial charge < -0.3 is 0 Å². The molecule has 1 rings (SSSR count). The molecule has 0 aromatic carbocycles. The van der Waals surface area contributed by atoms with Crippen molar-refractivity contribution in [2.75, 3.05) is 0 Å². The maximum absolute atomic E-state index is 12.9. The van der Waals surface area contributed by atoms with E-state index in [-0.39, 0.29) is 0 Å². The fourth-order valence-electron chi connectivity index (χ4n) is 1.86. The van der Waals surface area contributed by atoms with Crippen molar-refractivity contribution in [3.05, 3.63) is 0 Å². The summed E-state index contributed by atoms with van der Waals surface area (Å²) in [4.78, 5) is 6.86. The second-order valence-electron chi connectivity index (χ2n) is 4.07. The molecule has 0 heterocycles. The summed E-state index contributed by atoms with van der Waals surface area (Å²) in [5.41, 5.74) is -0.454. The summed E-state index contributed by atoms with van der Waals surface area (Å²) in [5.74, 6) is -0.918. The van der Waals surface area contributed by atoms with E-state index in [0.717, 1.165) is 0 Å². The Labute approximate surface area is 103 Å². The van der Waals surface area contributed by atoms with Crippen LogP contribution in [0, 0.1) is 17.3 Å². The minimum Gasteiger partial charge on any atom is -0.281 e. The van der Waals surface area contributed by atoms with Gasteiger partial charge in [0.25, 0.3) is 0 Å². The van der Waals surface area contributed by atoms with Gasteiger partial charge in [-0.1, -0.05) is 29.8 Å². The summed E-state index contributed by atoms with van der Waals surface area (Å²) in [6.45, 7) is 3.52. The molecule has 3 atom stereocenters. The van der Waals surface area contributed by atoms with Crippen LogP contribution in [-0.2, 0) is 4.79 Å². The third-order valence-corrected chi connectivity index (χ3v) is 5.27. The Morgan fingerprint density at radius 3 is 2.21 bits per heavy atom. The van der Waals surface area contributed by atoms with Crippen molar-refractivity contribution in [1.29, 1.82) is 0 Å². The first-order valence-corrected chi connectivity index (χ1v) is 6.09. The first kappa shape index (κ1) is 12.8. The maximum Gasteiger partial charge on any atom is 0.313 e. The minimum atomic E-state index is -3.02. The van der Waals surface area contributed by atoms with Gasteiger partial charge >= 0.3 is 4.83 Å². The van der Waals surface area contributed by atoms with Crippen LogP contribution in [0.15, 0.2) is 0 Å². The molecule has 82 valence electrons. The molecule has 1 nitrogen and oxygen atoms in total. The molecule has 0 aromatic heterocycles. The van der Waals surface area contributed by atoms with Gasteiger partial charge in [0.1, 0.15) is 0 Å². The molecule has 0 aromatic rings. The Kier molecular flexibility index (Phi) is 3.36. The van der Waals surface area contributed by atoms with Gasteiger partial charge in [0.2, 0.25) is 5.24 Å². The quantitative estimate of drug-likeness (QED) is 0.557. The van der Waals surface area contributed by atoms with Crippen molar-refractivity contribution in [1.82, 2.24) is 0 Å². The second kappa shape index (κ2) is 3.67. The lowest BCUT2D eigenvalue weighted by molar-refractivity contribution is -0.113. The van der Waals surface area contributed by atoms with Crippen LogP contribution in [-0.4, -0.2) is 14.9 Å². The predicted octanol–water partition coefficient (Wildman–Crippen LogP) is 3.78. The zero-order valence-corrected chi connectivity index (χ0v) is 11.5. The van der Waals surface area contributed by atoms with Crippen LogP contribution >= 0.6 is 43.5 Å². The molecular weight excluding hydrogens is 345 g/mol. The van der Waals surface area contributed by atoms with E-state index < -0.39 is 32.2 Å². The maximum atomic E-state index is 12.9. The highest BCUT2D eigenvalue weighted by molar-refractivity contribution is 9.12. The van der Waals surface area contributed by atoms with Gasteiger partial charge in [-0.15, -0.1) is 0 Å². The Morgan fingerprint density at radius 2 is 2.00 bits per heavy atom. The fraction of sp³-hybridized carbons (Fsp3) is 0.875. The van der Waals surface area contributed by atoms with Gasteiger partial charge in [-0.25, -0.2) is 0 Å². The Hall–Kier alpha value is 0.780. The van der Waals surface area contributed by atoms with Crippen LogP contribution in [0.25, 0.3) is 0 Å². The first-order valence-electron chi connectivity index (χ1n) is 4.00. The van der Waals surface area contributed by atoms with Gasteiger partial charge in [-0.2, -0.15) is 8.78 Å². The number of hydrogen-bond donors (Lipinski definition) is 0. The Bertz CT molecular complexity index is 265. The van der Waals surface area contributed by atoms with Crippen molar-refractivity contribution in [2.45, 2.75) is 23.5 Å². The normalized spacial score (nSPS) is 32.5. The second-order valence-corrected chi connectivity index (χ2v) is 6.49. The molecule has 0 radical (unpaired) electrons. The van der Waals surface area contributed by atoms with Gasteiger partial charge in [0.05, 0.1) is 4.83 Å². The molecule has 0 bridgehead atoms. The highest BCUT2D eigenvalue weighted by Gasteiger charge is 2.67. The zero-order chi connectivity index (χ0) is 11.3. The molecular formula is C8H9Br2ClF2O. The standard InChI is InChI=1S/C8H9Br2ClF2O/c1-7(2)3(4(7)6(11)14)5(9)8(10,12)13/h3-5H,1-2H3/t3-,4+,5?/m1/s1. The number of alkyl halides is 4. The number of hydrogen-bond acceptors (Lipinski definition) is 1. The highest BCUT2D eigenvalue weighted by Crippen LogP contribution is 2.64. The molecule has 1 saturated carbocycles. The average Bonchev–Trinajstić information content (AvgIpc) is 2.49. The molecule has 1 aliphatic carbocycles. The van der Waals surface area contributed by atoms with Crippen LogP contribution in [0.1, 0.15) is 13.8 Å². The molecule has 0 amide bonds. The zero-order valence-electron chi connectivity index (χ0n) is 7.53. The van der Waals surface area contributed by atoms with E-state index in [9.17, 15) is 13.6 Å². The van der Waals surface area contributed by atoms with Gasteiger partial charge in [0, 0.05) is 5.92 Å². The summed E-state index contributed by atoms with van der Waals surface area (Å²) in [5, 5.41) is -0.541. The number of carbonyl (C=O) groups excluding carboxylic acids is 1. The highest BCUT2D eigenvalue weighted by atomic mass is 79.9. The van der Waals surface area contributed by atoms with E-state index >= 15 is 0 Å². The van der Waals surface area contributed by atoms with Crippen molar-refractivity contribution >= 4 is 48.7 Å². The van der Waals surface area contributed by atoms with Crippen molar-refractivity contribution < 1.29 is 13.6 Å². The van der Waals surface area contributed by atoms with Crippen LogP contribution in [0.4, 0.5) is 8.78 Å². The van der Waals surface area contributed by atoms with E-state index in [0.29, 0.717) is 0 Å². The lowest BCUT2D eigenvalue weighted by Crippen LogP contribution is -2.25. The molecule has 0 spiro atoms. The Balaban J connectivity index is 2.79. The number of rotatable bonds is 3. The SMILES string of the molecule is CC1(C)[C@H](C(=O)Cl)[C@@H]1C(Br)C(F)(F)Br. The lowest BCUT2D eigenvalue weighted by atomic mass is 10.1. The van der Waals surface area contributed by atoms with Gasteiger partial charge in [-0.05, 0) is 38.9 Å². The monoisotopic (exact) mass is 352 g/mol. The van der Waals surface area contributed by atoms with Crippen molar-refractivity contribution in [3.8, 4) is 0 Å². The van der Waals surface area contributed by atoms with Crippen LogP contribution in [0.3, 0.4) is 0 Å². The molecule has 0 N–H and O–H groups in total. The minimum absolute atomic E-state index is 0.429. The average molecular weight is 354 g/mol. The molecule has 0 saturated heterocycles. The topological polar surface area (TPSA) is 17.1 Å². The lowest BCUT2D eigenvalue weighted by Gasteiger charge is -2.16. The fourth-order valence-corrected chi connectivity index (χ4v) is 3.55. The van der Waals surface area contributed by atoms with E-state index in [1.165, 1.54) is 0 Å². The summed E-state index contributed by atoms with van der Waals surface area (Å²) in [7, 11) is 0. The smallest absolute Gasteiger partial charge is 0.281 e. The van der Waals surface area contributed by atoms with Crippen molar-refractivity contribution in [2.24, 2.45) is 17.3 Å². The molecule has 14 heavy (non-hydrogen) atoms. The molecule has 0 aliphatic heterocycles. The summed E-state index contributed by atoms with van der Waals surface area (Å²) >= 11 is 10.5. The predicted molar refractivity (Wildman–Crippen MR) is 58.2 cm³/mol. The molecule has 1 unspecified atom stereocenters. The van der Waals surface area contributed by atoms with E-state index in [4.69, 9.17) is 11.6 Å². The van der Waals surface area contributed by atoms with Crippen LogP contribution in [0.5, 0.6) is 0 Å². The third-order valence-electron chi connectivity index (χ3n) is 2.78. The molecule has 6 heteroatoms. The van der Waals surface area contributed by atoms with E-state index in [1.807, 2.05) is 0 Å². The first-order chi connectivity index (χ1) is 6.10. The number of halogens is 5. The molecule has 1 fully saturated rings. The summed E-state index contributed by atoms with van der Waals surface area (Å²) in [6.07, 6.45) is 0.